The van der Waals surface area contributed by atoms with Gasteiger partial charge in [-0.3, -0.25) is 14.9 Å². The maximum absolute atomic E-state index is 12.4. The molecule has 0 unspecified atom stereocenters. The minimum absolute atomic E-state index is 0.0634. The summed E-state index contributed by atoms with van der Waals surface area (Å²) in [6, 6.07) is 0.677. The van der Waals surface area contributed by atoms with Gasteiger partial charge in [0.15, 0.2) is 6.29 Å². The maximum atomic E-state index is 12.4. The van der Waals surface area contributed by atoms with E-state index in [0.29, 0.717) is 6.07 Å². The number of hydrogen-bond donors (Lipinski definition) is 0. The predicted molar refractivity (Wildman–Crippen MR) is 46.0 cm³/mol. The van der Waals surface area contributed by atoms with Gasteiger partial charge in [0.05, 0.1) is 10.5 Å². The third kappa shape index (κ3) is 2.12. The highest BCUT2D eigenvalue weighted by Crippen LogP contribution is 2.26. The molecule has 80 valence electrons. The summed E-state index contributed by atoms with van der Waals surface area (Å²) in [4.78, 5) is 23.5. The standard InChI is InChI=1S/C8H6F2N2O3/c1-4-7(12(14)15)2-5(8(9)10)6(3-13)11-4/h2-3,8H,1H3. The van der Waals surface area contributed by atoms with E-state index in [-0.39, 0.29) is 12.0 Å². The van der Waals surface area contributed by atoms with E-state index in [1.54, 1.807) is 0 Å². The van der Waals surface area contributed by atoms with Crippen molar-refractivity contribution in [3.8, 4) is 0 Å². The highest BCUT2D eigenvalue weighted by Gasteiger charge is 2.21. The first-order valence-electron chi connectivity index (χ1n) is 3.86. The van der Waals surface area contributed by atoms with Crippen molar-refractivity contribution in [2.75, 3.05) is 0 Å². The molecule has 0 amide bonds. The summed E-state index contributed by atoms with van der Waals surface area (Å²) in [5.41, 5.74) is -1.77. The number of nitrogens with zero attached hydrogens (tertiary/aromatic N) is 2. The van der Waals surface area contributed by atoms with Crippen LogP contribution in [0.5, 0.6) is 0 Å². The molecule has 0 saturated carbocycles. The third-order valence-corrected chi connectivity index (χ3v) is 1.79. The Morgan fingerprint density at radius 2 is 2.20 bits per heavy atom. The topological polar surface area (TPSA) is 73.1 Å². The largest absolute Gasteiger partial charge is 0.296 e. The van der Waals surface area contributed by atoms with Gasteiger partial charge in [-0.05, 0) is 6.92 Å². The number of alkyl halides is 2. The lowest BCUT2D eigenvalue weighted by molar-refractivity contribution is -0.385. The van der Waals surface area contributed by atoms with Crippen LogP contribution >= 0.6 is 0 Å². The van der Waals surface area contributed by atoms with Gasteiger partial charge >= 0.3 is 0 Å². The average molecular weight is 216 g/mol. The molecule has 0 atom stereocenters. The van der Waals surface area contributed by atoms with Crippen molar-refractivity contribution >= 4 is 12.0 Å². The van der Waals surface area contributed by atoms with Gasteiger partial charge in [0, 0.05) is 6.07 Å². The molecule has 1 aromatic heterocycles. The predicted octanol–water partition coefficient (Wildman–Crippen LogP) is 2.05. The first-order valence-corrected chi connectivity index (χ1v) is 3.86. The van der Waals surface area contributed by atoms with Crippen LogP contribution < -0.4 is 0 Å². The number of halogens is 2. The van der Waals surface area contributed by atoms with Crippen molar-refractivity contribution in [1.82, 2.24) is 4.98 Å². The zero-order valence-corrected chi connectivity index (χ0v) is 7.61. The molecular formula is C8H6F2N2O3. The van der Waals surface area contributed by atoms with Crippen LogP contribution in [0, 0.1) is 17.0 Å². The summed E-state index contributed by atoms with van der Waals surface area (Å²) in [5, 5.41) is 10.4. The number of carbonyl (C=O) groups is 1. The summed E-state index contributed by atoms with van der Waals surface area (Å²) in [5.74, 6) is 0. The lowest BCUT2D eigenvalue weighted by atomic mass is 10.1. The Balaban J connectivity index is 3.43. The van der Waals surface area contributed by atoms with Gasteiger partial charge in [-0.2, -0.15) is 0 Å². The van der Waals surface area contributed by atoms with Crippen molar-refractivity contribution < 1.29 is 18.5 Å². The Labute approximate surface area is 82.9 Å². The lowest BCUT2D eigenvalue weighted by Gasteiger charge is -2.04. The monoisotopic (exact) mass is 216 g/mol. The van der Waals surface area contributed by atoms with Crippen molar-refractivity contribution in [2.24, 2.45) is 0 Å². The lowest BCUT2D eigenvalue weighted by Crippen LogP contribution is -2.03. The summed E-state index contributed by atoms with van der Waals surface area (Å²) >= 11 is 0. The molecule has 1 rings (SSSR count). The highest BCUT2D eigenvalue weighted by molar-refractivity contribution is 5.75. The van der Waals surface area contributed by atoms with Gasteiger partial charge in [0.2, 0.25) is 0 Å². The fraction of sp³-hybridized carbons (Fsp3) is 0.250. The van der Waals surface area contributed by atoms with Crippen LogP contribution in [0.4, 0.5) is 14.5 Å². The Bertz CT molecular complexity index is 421. The summed E-state index contributed by atoms with van der Waals surface area (Å²) in [7, 11) is 0. The second kappa shape index (κ2) is 4.07. The summed E-state index contributed by atoms with van der Waals surface area (Å²) in [6.07, 6.45) is -2.81. The van der Waals surface area contributed by atoms with Crippen molar-refractivity contribution in [1.29, 1.82) is 0 Å². The molecule has 0 N–H and O–H groups in total. The van der Waals surface area contributed by atoms with Crippen LogP contribution in [-0.4, -0.2) is 16.2 Å². The molecule has 0 aliphatic rings. The Hall–Kier alpha value is -1.92. The molecule has 0 aliphatic heterocycles. The van der Waals surface area contributed by atoms with Gasteiger partial charge < -0.3 is 0 Å². The number of aryl methyl sites for hydroxylation is 1. The van der Waals surface area contributed by atoms with Crippen LogP contribution in [0.1, 0.15) is 28.2 Å². The molecule has 1 aromatic rings. The van der Waals surface area contributed by atoms with Crippen LogP contribution in [0.25, 0.3) is 0 Å². The number of nitro groups is 1. The van der Waals surface area contributed by atoms with E-state index in [1.165, 1.54) is 6.92 Å². The number of aldehydes is 1. The molecule has 0 fully saturated rings. The summed E-state index contributed by atoms with van der Waals surface area (Å²) in [6.45, 7) is 1.28. The number of carbonyl (C=O) groups excluding carboxylic acids is 1. The van der Waals surface area contributed by atoms with Crippen LogP contribution in [0.3, 0.4) is 0 Å². The van der Waals surface area contributed by atoms with Crippen molar-refractivity contribution in [3.63, 3.8) is 0 Å². The molecule has 0 aromatic carbocycles. The third-order valence-electron chi connectivity index (χ3n) is 1.79. The van der Waals surface area contributed by atoms with Gasteiger partial charge in [-0.25, -0.2) is 13.8 Å². The first kappa shape index (κ1) is 11.2. The van der Waals surface area contributed by atoms with E-state index in [9.17, 15) is 23.7 Å². The molecule has 0 spiro atoms. The average Bonchev–Trinajstić information content (AvgIpc) is 2.16. The van der Waals surface area contributed by atoms with E-state index in [2.05, 4.69) is 4.98 Å². The van der Waals surface area contributed by atoms with Crippen LogP contribution in [-0.2, 0) is 0 Å². The summed E-state index contributed by atoms with van der Waals surface area (Å²) < 4.78 is 24.7. The Kier molecular flexibility index (Phi) is 3.03. The number of aromatic nitrogens is 1. The molecule has 0 radical (unpaired) electrons. The van der Waals surface area contributed by atoms with Gasteiger partial charge in [-0.1, -0.05) is 0 Å². The Morgan fingerprint density at radius 1 is 1.60 bits per heavy atom. The minimum Gasteiger partial charge on any atom is -0.296 e. The van der Waals surface area contributed by atoms with Crippen LogP contribution in [0.15, 0.2) is 6.07 Å². The number of pyridine rings is 1. The van der Waals surface area contributed by atoms with E-state index in [1.807, 2.05) is 0 Å². The van der Waals surface area contributed by atoms with Gasteiger partial charge in [-0.15, -0.1) is 0 Å². The van der Waals surface area contributed by atoms with Crippen molar-refractivity contribution in [3.05, 3.63) is 33.1 Å². The molecule has 5 nitrogen and oxygen atoms in total. The molecule has 0 saturated heterocycles. The zero-order valence-electron chi connectivity index (χ0n) is 7.61. The fourth-order valence-corrected chi connectivity index (χ4v) is 1.08. The molecule has 0 bridgehead atoms. The second-order valence-electron chi connectivity index (χ2n) is 2.74. The Morgan fingerprint density at radius 3 is 2.60 bits per heavy atom. The van der Waals surface area contributed by atoms with Crippen LogP contribution in [0.2, 0.25) is 0 Å². The first-order chi connectivity index (χ1) is 6.97. The van der Waals surface area contributed by atoms with Crippen molar-refractivity contribution in [2.45, 2.75) is 13.3 Å². The molecule has 0 aliphatic carbocycles. The van der Waals surface area contributed by atoms with Gasteiger partial charge in [0.25, 0.3) is 12.1 Å². The molecule has 7 heteroatoms. The normalized spacial score (nSPS) is 10.4. The maximum Gasteiger partial charge on any atom is 0.290 e. The van der Waals surface area contributed by atoms with E-state index >= 15 is 0 Å². The molecule has 15 heavy (non-hydrogen) atoms. The van der Waals surface area contributed by atoms with E-state index in [0.717, 1.165) is 0 Å². The smallest absolute Gasteiger partial charge is 0.290 e. The quantitative estimate of drug-likeness (QED) is 0.440. The van der Waals surface area contributed by atoms with Gasteiger partial charge in [0.1, 0.15) is 11.4 Å². The minimum atomic E-state index is -2.96. The molecular weight excluding hydrogens is 210 g/mol. The highest BCUT2D eigenvalue weighted by atomic mass is 19.3. The fourth-order valence-electron chi connectivity index (χ4n) is 1.08. The number of hydrogen-bond acceptors (Lipinski definition) is 4. The number of rotatable bonds is 3. The second-order valence-corrected chi connectivity index (χ2v) is 2.74. The van der Waals surface area contributed by atoms with E-state index in [4.69, 9.17) is 0 Å². The SMILES string of the molecule is Cc1nc(C=O)c(C(F)F)cc1[N+](=O)[O-]. The zero-order chi connectivity index (χ0) is 11.6. The molecule has 1 heterocycles. The van der Waals surface area contributed by atoms with E-state index < -0.39 is 28.3 Å².